The second-order valence-electron chi connectivity index (χ2n) is 8.81. The topological polar surface area (TPSA) is 114 Å². The van der Waals surface area contributed by atoms with Gasteiger partial charge in [0, 0.05) is 17.6 Å². The monoisotopic (exact) mass is 506 g/mol. The highest BCUT2D eigenvalue weighted by Crippen LogP contribution is 2.42. The molecule has 0 spiro atoms. The Morgan fingerprint density at radius 2 is 1.94 bits per heavy atom. The molecule has 1 fully saturated rings. The summed E-state index contributed by atoms with van der Waals surface area (Å²) < 4.78 is 6.14. The van der Waals surface area contributed by atoms with Gasteiger partial charge in [0.05, 0.1) is 15.1 Å². The van der Waals surface area contributed by atoms with Gasteiger partial charge in [-0.2, -0.15) is 5.01 Å². The highest BCUT2D eigenvalue weighted by Gasteiger charge is 2.31. The number of thiophene rings is 2. The molecule has 2 amide bonds. The van der Waals surface area contributed by atoms with Gasteiger partial charge in [-0.05, 0) is 43.7 Å². The van der Waals surface area contributed by atoms with E-state index in [1.165, 1.54) is 48.0 Å². The van der Waals surface area contributed by atoms with E-state index in [1.807, 2.05) is 24.4 Å². The Balaban J connectivity index is 1.45. The number of amides is 2. The van der Waals surface area contributed by atoms with Gasteiger partial charge in [0.25, 0.3) is 17.7 Å². The maximum atomic E-state index is 12.5. The zero-order chi connectivity index (χ0) is 24.1. The van der Waals surface area contributed by atoms with Crippen molar-refractivity contribution >= 4 is 50.5 Å². The molecule has 5 heterocycles. The predicted octanol–water partition coefficient (Wildman–Crippen LogP) is 5.47. The second-order valence-corrected chi connectivity index (χ2v) is 10.8. The maximum absolute atomic E-state index is 12.5. The molecule has 0 unspecified atom stereocenters. The lowest BCUT2D eigenvalue weighted by Crippen LogP contribution is -2.36. The average Bonchev–Trinajstić information content (AvgIpc) is 3.65. The first-order valence-electron chi connectivity index (χ1n) is 11.5. The summed E-state index contributed by atoms with van der Waals surface area (Å²) in [6.45, 7) is 3.55. The van der Waals surface area contributed by atoms with Gasteiger partial charge in [0.1, 0.15) is 4.83 Å². The van der Waals surface area contributed by atoms with E-state index >= 15 is 0 Å². The highest BCUT2D eigenvalue weighted by molar-refractivity contribution is 7.22. The van der Waals surface area contributed by atoms with Crippen LogP contribution >= 0.6 is 22.7 Å². The van der Waals surface area contributed by atoms with Crippen LogP contribution in [0, 0.1) is 6.92 Å². The van der Waals surface area contributed by atoms with E-state index in [-0.39, 0.29) is 0 Å². The largest absolute Gasteiger partial charge is 0.420 e. The molecule has 1 N–H and O–H groups in total. The molecule has 4 aromatic rings. The summed E-state index contributed by atoms with van der Waals surface area (Å²) in [5.74, 6) is 1.52. The number of nitrogens with zero attached hydrogens (tertiary/aromatic N) is 5. The van der Waals surface area contributed by atoms with E-state index in [4.69, 9.17) is 14.4 Å². The fourth-order valence-electron chi connectivity index (χ4n) is 4.58. The summed E-state index contributed by atoms with van der Waals surface area (Å²) in [5, 5.41) is 12.4. The van der Waals surface area contributed by atoms with Crippen LogP contribution < -0.4 is 5.43 Å². The molecule has 0 saturated heterocycles. The SMILES string of the molecule is CC1=CC(=O)N(Nc2nc(-c3cccs3)nc3sc(-c4nnc(C5CCCCC5)o4)c(C)c23)C1=O. The summed E-state index contributed by atoms with van der Waals surface area (Å²) in [7, 11) is 0. The normalized spacial score (nSPS) is 17.0. The van der Waals surface area contributed by atoms with Crippen molar-refractivity contribution in [3.8, 4) is 21.5 Å². The smallest absolute Gasteiger partial charge is 0.275 e. The molecule has 178 valence electrons. The van der Waals surface area contributed by atoms with Crippen molar-refractivity contribution in [1.29, 1.82) is 0 Å². The van der Waals surface area contributed by atoms with Crippen molar-refractivity contribution in [2.24, 2.45) is 0 Å². The van der Waals surface area contributed by atoms with Crippen molar-refractivity contribution < 1.29 is 14.0 Å². The van der Waals surface area contributed by atoms with E-state index in [0.29, 0.717) is 45.1 Å². The molecule has 0 bridgehead atoms. The van der Waals surface area contributed by atoms with Crippen LogP contribution in [-0.2, 0) is 9.59 Å². The predicted molar refractivity (Wildman–Crippen MR) is 134 cm³/mol. The minimum atomic E-state index is -0.431. The number of rotatable bonds is 5. The number of imide groups is 1. The number of fused-ring (bicyclic) bond motifs is 1. The Bertz CT molecular complexity index is 1480. The van der Waals surface area contributed by atoms with Gasteiger partial charge < -0.3 is 4.42 Å². The van der Waals surface area contributed by atoms with Gasteiger partial charge in [-0.15, -0.1) is 32.9 Å². The van der Waals surface area contributed by atoms with Gasteiger partial charge in [-0.25, -0.2) is 9.97 Å². The third kappa shape index (κ3) is 3.84. The number of aromatic nitrogens is 4. The van der Waals surface area contributed by atoms with Crippen LogP contribution in [0.1, 0.15) is 56.4 Å². The number of aryl methyl sites for hydroxylation is 1. The van der Waals surface area contributed by atoms with Gasteiger partial charge in [0.15, 0.2) is 11.6 Å². The summed E-state index contributed by atoms with van der Waals surface area (Å²) >= 11 is 2.96. The molecule has 1 aliphatic carbocycles. The zero-order valence-electron chi connectivity index (χ0n) is 19.2. The Hall–Kier alpha value is -3.44. The first kappa shape index (κ1) is 22.1. The van der Waals surface area contributed by atoms with E-state index in [9.17, 15) is 9.59 Å². The van der Waals surface area contributed by atoms with Crippen LogP contribution in [0.3, 0.4) is 0 Å². The first-order chi connectivity index (χ1) is 17.0. The Labute approximate surface area is 208 Å². The minimum absolute atomic E-state index is 0.310. The number of hydrazine groups is 1. The quantitative estimate of drug-likeness (QED) is 0.355. The molecule has 35 heavy (non-hydrogen) atoms. The summed E-state index contributed by atoms with van der Waals surface area (Å²) in [4.78, 5) is 36.8. The van der Waals surface area contributed by atoms with Gasteiger partial charge in [-0.3, -0.25) is 15.0 Å². The van der Waals surface area contributed by atoms with E-state index in [1.54, 1.807) is 6.92 Å². The Kier molecular flexibility index (Phi) is 5.45. The first-order valence-corrected chi connectivity index (χ1v) is 13.2. The van der Waals surface area contributed by atoms with Gasteiger partial charge in [-0.1, -0.05) is 25.3 Å². The Morgan fingerprint density at radius 1 is 1.11 bits per heavy atom. The molecule has 6 rings (SSSR count). The number of hydrogen-bond acceptors (Lipinski definition) is 10. The standard InChI is InChI=1S/C24H22N6O3S2/c1-12-11-16(31)30(24(12)32)29-20-17-13(2)18(22-28-27-21(33-22)14-7-4-3-5-8-14)35-23(17)26-19(25-20)15-9-6-10-34-15/h6,9-11,14H,3-5,7-8H2,1-2H3,(H,25,26,29). The summed E-state index contributed by atoms with van der Waals surface area (Å²) in [6.07, 6.45) is 7.07. The minimum Gasteiger partial charge on any atom is -0.420 e. The third-order valence-corrected chi connectivity index (χ3v) is 8.48. The highest BCUT2D eigenvalue weighted by atomic mass is 32.1. The number of hydrogen-bond donors (Lipinski definition) is 1. The van der Waals surface area contributed by atoms with E-state index in [2.05, 4.69) is 15.6 Å². The molecule has 9 nitrogen and oxygen atoms in total. The third-order valence-electron chi connectivity index (χ3n) is 6.44. The molecule has 2 aliphatic rings. The lowest BCUT2D eigenvalue weighted by molar-refractivity contribution is -0.135. The second kappa shape index (κ2) is 8.65. The van der Waals surface area contributed by atoms with E-state index in [0.717, 1.165) is 33.2 Å². The molecule has 1 saturated carbocycles. The van der Waals surface area contributed by atoms with Crippen molar-refractivity contribution in [3.05, 3.63) is 40.6 Å². The number of nitrogens with one attached hydrogen (secondary N) is 1. The summed E-state index contributed by atoms with van der Waals surface area (Å²) in [5.41, 5.74) is 4.18. The van der Waals surface area contributed by atoms with E-state index < -0.39 is 11.8 Å². The van der Waals surface area contributed by atoms with Crippen LogP contribution in [0.2, 0.25) is 0 Å². The average molecular weight is 507 g/mol. The molecule has 4 aromatic heterocycles. The number of carbonyl (C=O) groups is 2. The number of anilines is 1. The maximum Gasteiger partial charge on any atom is 0.275 e. The van der Waals surface area contributed by atoms with Crippen LogP contribution in [0.25, 0.3) is 31.7 Å². The molecule has 1 aliphatic heterocycles. The molecular formula is C24H22N6O3S2. The van der Waals surface area contributed by atoms with Gasteiger partial charge >= 0.3 is 0 Å². The summed E-state index contributed by atoms with van der Waals surface area (Å²) in [6, 6.07) is 3.86. The van der Waals surface area contributed by atoms with Crippen LogP contribution in [0.5, 0.6) is 0 Å². The fourth-order valence-corrected chi connectivity index (χ4v) is 6.34. The van der Waals surface area contributed by atoms with Crippen LogP contribution in [-0.4, -0.2) is 37.0 Å². The zero-order valence-corrected chi connectivity index (χ0v) is 20.8. The lowest BCUT2D eigenvalue weighted by Gasteiger charge is -2.17. The van der Waals surface area contributed by atoms with Crippen molar-refractivity contribution in [2.45, 2.75) is 51.9 Å². The van der Waals surface area contributed by atoms with Crippen molar-refractivity contribution in [2.75, 3.05) is 5.43 Å². The van der Waals surface area contributed by atoms with Crippen LogP contribution in [0.4, 0.5) is 5.82 Å². The lowest BCUT2D eigenvalue weighted by atomic mass is 9.89. The molecule has 0 radical (unpaired) electrons. The van der Waals surface area contributed by atoms with Crippen LogP contribution in [0.15, 0.2) is 33.6 Å². The molecule has 11 heteroatoms. The Morgan fingerprint density at radius 3 is 2.66 bits per heavy atom. The number of carbonyl (C=O) groups excluding carboxylic acids is 2. The van der Waals surface area contributed by atoms with Crippen molar-refractivity contribution in [1.82, 2.24) is 25.2 Å². The molecule has 0 atom stereocenters. The van der Waals surface area contributed by atoms with Gasteiger partial charge in [0.2, 0.25) is 5.89 Å². The van der Waals surface area contributed by atoms with Crippen molar-refractivity contribution in [3.63, 3.8) is 0 Å². The molecule has 0 aromatic carbocycles. The molecular weight excluding hydrogens is 484 g/mol. The fraction of sp³-hybridized carbons (Fsp3) is 0.333.